The molecule has 8 heteroatoms. The standard InChI is InChI=1S/C17H16FN5O2/c18-12-7-11-8-13(9-12)25-6-4-20-16(24)1-3-19-15-2-5-23-17(22-15)14(11)10-21-23/h2,5,7-10H,1,3-4,6H2,(H,19,22)(H,20,24). The number of nitrogens with zero attached hydrogens (tertiary/aromatic N) is 3. The molecule has 4 bridgehead atoms. The van der Waals surface area contributed by atoms with Gasteiger partial charge in [0.1, 0.15) is 24.0 Å². The molecule has 0 spiro atoms. The lowest BCUT2D eigenvalue weighted by atomic mass is 10.1. The van der Waals surface area contributed by atoms with Crippen LogP contribution in [0.4, 0.5) is 10.2 Å². The van der Waals surface area contributed by atoms with E-state index in [1.807, 2.05) is 0 Å². The molecule has 25 heavy (non-hydrogen) atoms. The van der Waals surface area contributed by atoms with Gasteiger partial charge in [0, 0.05) is 30.8 Å². The Hall–Kier alpha value is -3.16. The Labute approximate surface area is 142 Å². The minimum atomic E-state index is -0.408. The zero-order valence-corrected chi connectivity index (χ0v) is 13.3. The Bertz CT molecular complexity index is 940. The summed E-state index contributed by atoms with van der Waals surface area (Å²) in [5, 5.41) is 10.1. The second-order valence-corrected chi connectivity index (χ2v) is 5.69. The van der Waals surface area contributed by atoms with Crippen molar-refractivity contribution in [3.8, 4) is 16.9 Å². The summed E-state index contributed by atoms with van der Waals surface area (Å²) in [5.41, 5.74) is 1.94. The van der Waals surface area contributed by atoms with Crippen LogP contribution in [-0.2, 0) is 4.79 Å². The number of benzene rings is 1. The van der Waals surface area contributed by atoms with Crippen LogP contribution in [0.5, 0.6) is 5.75 Å². The highest BCUT2D eigenvalue weighted by Crippen LogP contribution is 2.28. The number of anilines is 1. The lowest BCUT2D eigenvalue weighted by Gasteiger charge is -2.09. The van der Waals surface area contributed by atoms with Crippen molar-refractivity contribution in [1.29, 1.82) is 0 Å². The Morgan fingerprint density at radius 3 is 3.04 bits per heavy atom. The number of carbonyl (C=O) groups is 1. The molecule has 2 aromatic heterocycles. The number of fused-ring (bicyclic) bond motifs is 4. The first-order valence-corrected chi connectivity index (χ1v) is 7.98. The van der Waals surface area contributed by atoms with E-state index in [9.17, 15) is 9.18 Å². The van der Waals surface area contributed by atoms with Crippen molar-refractivity contribution in [3.63, 3.8) is 0 Å². The predicted octanol–water partition coefficient (Wildman–Crippen LogP) is 1.85. The van der Waals surface area contributed by atoms with E-state index < -0.39 is 5.82 Å². The minimum Gasteiger partial charge on any atom is -0.492 e. The molecule has 2 N–H and O–H groups in total. The normalized spacial score (nSPS) is 15.0. The smallest absolute Gasteiger partial charge is 0.221 e. The van der Waals surface area contributed by atoms with Crippen LogP contribution in [0, 0.1) is 5.82 Å². The Balaban J connectivity index is 1.81. The van der Waals surface area contributed by atoms with Gasteiger partial charge in [0.2, 0.25) is 5.91 Å². The minimum absolute atomic E-state index is 0.0861. The van der Waals surface area contributed by atoms with E-state index in [-0.39, 0.29) is 12.5 Å². The number of carbonyl (C=O) groups excluding carboxylic acids is 1. The highest BCUT2D eigenvalue weighted by molar-refractivity contribution is 5.79. The molecule has 1 amide bonds. The van der Waals surface area contributed by atoms with Gasteiger partial charge in [-0.25, -0.2) is 13.9 Å². The molecule has 1 aliphatic rings. The summed E-state index contributed by atoms with van der Waals surface area (Å²) >= 11 is 0. The van der Waals surface area contributed by atoms with E-state index in [0.29, 0.717) is 47.9 Å². The summed E-state index contributed by atoms with van der Waals surface area (Å²) in [6, 6.07) is 6.25. The second-order valence-electron chi connectivity index (χ2n) is 5.69. The van der Waals surface area contributed by atoms with Gasteiger partial charge in [0.25, 0.3) is 0 Å². The number of amides is 1. The first kappa shape index (κ1) is 15.4. The molecule has 3 aromatic rings. The van der Waals surface area contributed by atoms with Gasteiger partial charge in [-0.15, -0.1) is 0 Å². The summed E-state index contributed by atoms with van der Waals surface area (Å²) in [4.78, 5) is 16.3. The Kier molecular flexibility index (Phi) is 3.93. The molecule has 0 saturated heterocycles. The number of halogens is 1. The largest absolute Gasteiger partial charge is 0.492 e. The van der Waals surface area contributed by atoms with Gasteiger partial charge in [0.15, 0.2) is 5.65 Å². The number of hydrogen-bond donors (Lipinski definition) is 2. The third kappa shape index (κ3) is 3.23. The molecule has 3 heterocycles. The number of aromatic nitrogens is 3. The van der Waals surface area contributed by atoms with E-state index >= 15 is 0 Å². The molecule has 0 unspecified atom stereocenters. The summed E-state index contributed by atoms with van der Waals surface area (Å²) < 4.78 is 21.2. The number of ether oxygens (including phenoxy) is 1. The number of nitrogens with one attached hydrogen (secondary N) is 2. The van der Waals surface area contributed by atoms with E-state index in [2.05, 4.69) is 20.7 Å². The van der Waals surface area contributed by atoms with Crippen molar-refractivity contribution in [2.24, 2.45) is 0 Å². The monoisotopic (exact) mass is 341 g/mol. The van der Waals surface area contributed by atoms with Gasteiger partial charge in [-0.2, -0.15) is 5.10 Å². The maximum absolute atomic E-state index is 14.0. The van der Waals surface area contributed by atoms with Crippen LogP contribution in [0.25, 0.3) is 16.8 Å². The summed E-state index contributed by atoms with van der Waals surface area (Å²) in [7, 11) is 0. The molecular formula is C17H16FN5O2. The quantitative estimate of drug-likeness (QED) is 0.652. The molecule has 0 atom stereocenters. The van der Waals surface area contributed by atoms with Crippen molar-refractivity contribution >= 4 is 17.4 Å². The maximum Gasteiger partial charge on any atom is 0.221 e. The molecule has 7 nitrogen and oxygen atoms in total. The van der Waals surface area contributed by atoms with Crippen LogP contribution in [0.15, 0.2) is 36.7 Å². The number of rotatable bonds is 0. The SMILES string of the molecule is O=C1CCNc2ccn3ncc(c3n2)-c2cc(F)cc(c2)OCCN1. The third-order valence-electron chi connectivity index (χ3n) is 3.90. The van der Waals surface area contributed by atoms with E-state index in [1.54, 1.807) is 29.0 Å². The van der Waals surface area contributed by atoms with Crippen LogP contribution in [-0.4, -0.2) is 40.2 Å². The predicted molar refractivity (Wildman–Crippen MR) is 90.0 cm³/mol. The van der Waals surface area contributed by atoms with Crippen molar-refractivity contribution in [3.05, 3.63) is 42.5 Å². The fourth-order valence-corrected chi connectivity index (χ4v) is 2.72. The molecule has 0 aliphatic carbocycles. The van der Waals surface area contributed by atoms with Crippen LogP contribution >= 0.6 is 0 Å². The van der Waals surface area contributed by atoms with Crippen molar-refractivity contribution in [2.45, 2.75) is 6.42 Å². The molecular weight excluding hydrogens is 325 g/mol. The Morgan fingerprint density at radius 2 is 2.12 bits per heavy atom. The van der Waals surface area contributed by atoms with E-state index in [4.69, 9.17) is 4.74 Å². The highest BCUT2D eigenvalue weighted by Gasteiger charge is 2.12. The Morgan fingerprint density at radius 1 is 1.20 bits per heavy atom. The van der Waals surface area contributed by atoms with Gasteiger partial charge in [-0.1, -0.05) is 0 Å². The van der Waals surface area contributed by atoms with Gasteiger partial charge in [-0.3, -0.25) is 4.79 Å². The van der Waals surface area contributed by atoms with Gasteiger partial charge in [0.05, 0.1) is 12.7 Å². The first-order chi connectivity index (χ1) is 12.2. The summed E-state index contributed by atoms with van der Waals surface area (Å²) in [6.45, 7) is 1.08. The highest BCUT2D eigenvalue weighted by atomic mass is 19.1. The third-order valence-corrected chi connectivity index (χ3v) is 3.90. The zero-order chi connectivity index (χ0) is 17.2. The molecule has 0 fully saturated rings. The van der Waals surface area contributed by atoms with Crippen molar-refractivity contribution < 1.29 is 13.9 Å². The first-order valence-electron chi connectivity index (χ1n) is 7.98. The average molecular weight is 341 g/mol. The molecule has 1 aliphatic heterocycles. The number of hydrogen-bond acceptors (Lipinski definition) is 5. The van der Waals surface area contributed by atoms with Gasteiger partial charge < -0.3 is 15.4 Å². The van der Waals surface area contributed by atoms with Crippen LogP contribution in [0.2, 0.25) is 0 Å². The molecule has 1 aromatic carbocycles. The molecule has 0 saturated carbocycles. The topological polar surface area (TPSA) is 80.6 Å². The van der Waals surface area contributed by atoms with E-state index in [0.717, 1.165) is 0 Å². The van der Waals surface area contributed by atoms with Gasteiger partial charge in [-0.05, 0) is 23.8 Å². The average Bonchev–Trinajstić information content (AvgIpc) is 3.01. The molecule has 4 rings (SSSR count). The lowest BCUT2D eigenvalue weighted by Crippen LogP contribution is -2.29. The molecule has 0 radical (unpaired) electrons. The van der Waals surface area contributed by atoms with Crippen molar-refractivity contribution in [2.75, 3.05) is 25.0 Å². The zero-order valence-electron chi connectivity index (χ0n) is 13.3. The fourth-order valence-electron chi connectivity index (χ4n) is 2.72. The van der Waals surface area contributed by atoms with Gasteiger partial charge >= 0.3 is 0 Å². The van der Waals surface area contributed by atoms with E-state index in [1.165, 1.54) is 12.1 Å². The summed E-state index contributed by atoms with van der Waals surface area (Å²) in [6.07, 6.45) is 3.73. The summed E-state index contributed by atoms with van der Waals surface area (Å²) in [5.74, 6) is 0.532. The molecule has 128 valence electrons. The van der Waals surface area contributed by atoms with Crippen LogP contribution < -0.4 is 15.4 Å². The fraction of sp³-hybridized carbons (Fsp3) is 0.235. The maximum atomic E-state index is 14.0. The van der Waals surface area contributed by atoms with Crippen molar-refractivity contribution in [1.82, 2.24) is 19.9 Å². The van der Waals surface area contributed by atoms with Crippen LogP contribution in [0.1, 0.15) is 6.42 Å². The second kappa shape index (κ2) is 6.39. The van der Waals surface area contributed by atoms with Crippen LogP contribution in [0.3, 0.4) is 0 Å². The lowest BCUT2D eigenvalue weighted by molar-refractivity contribution is -0.120.